The maximum absolute atomic E-state index is 13.7. The lowest BCUT2D eigenvalue weighted by Gasteiger charge is -2.02. The van der Waals surface area contributed by atoms with E-state index in [0.29, 0.717) is 10.8 Å². The molecule has 9 heteroatoms. The fourth-order valence-electron chi connectivity index (χ4n) is 1.51. The summed E-state index contributed by atoms with van der Waals surface area (Å²) in [6.07, 6.45) is 2.80. The van der Waals surface area contributed by atoms with Gasteiger partial charge in [-0.05, 0) is 27.6 Å². The van der Waals surface area contributed by atoms with Gasteiger partial charge >= 0.3 is 5.69 Å². The minimum atomic E-state index is -0.680. The summed E-state index contributed by atoms with van der Waals surface area (Å²) in [5, 5.41) is 3.78. The van der Waals surface area contributed by atoms with Gasteiger partial charge in [-0.3, -0.25) is 0 Å². The normalized spacial score (nSPS) is 11.9. The maximum Gasteiger partial charge on any atom is 0.351 e. The molecule has 0 fully saturated rings. The summed E-state index contributed by atoms with van der Waals surface area (Å²) in [6.45, 7) is -0.141. The van der Waals surface area contributed by atoms with Gasteiger partial charge in [0, 0.05) is 17.2 Å². The van der Waals surface area contributed by atoms with Crippen molar-refractivity contribution in [1.82, 2.24) is 19.3 Å². The molecule has 6 nitrogen and oxygen atoms in total. The van der Waals surface area contributed by atoms with Crippen LogP contribution in [0.2, 0.25) is 0 Å². The predicted octanol–water partition coefficient (Wildman–Crippen LogP) is 1.14. The highest BCUT2D eigenvalue weighted by atomic mass is 79.9. The second-order valence-corrected chi connectivity index (χ2v) is 4.79. The van der Waals surface area contributed by atoms with Crippen LogP contribution in [0.5, 0.6) is 0 Å². The number of hydrogen-bond acceptors (Lipinski definition) is 4. The van der Waals surface area contributed by atoms with E-state index in [4.69, 9.17) is 5.73 Å². The largest absolute Gasteiger partial charge is 0.351 e. The second-order valence-electron chi connectivity index (χ2n) is 3.87. The molecule has 0 saturated heterocycles. The lowest BCUT2D eigenvalue weighted by atomic mass is 10.3. The van der Waals surface area contributed by atoms with Gasteiger partial charge in [0.2, 0.25) is 0 Å². The highest BCUT2D eigenvalue weighted by Gasteiger charge is 2.13. The van der Waals surface area contributed by atoms with Gasteiger partial charge in [0.05, 0.1) is 12.9 Å². The molecule has 0 spiro atoms. The molecule has 20 heavy (non-hydrogen) atoms. The molecule has 0 aliphatic heterocycles. The van der Waals surface area contributed by atoms with Crippen LogP contribution in [0.3, 0.4) is 0 Å². The fraction of sp³-hybridized carbons (Fsp3) is 0.182. The highest BCUT2D eigenvalue weighted by molar-refractivity contribution is 9.10. The average Bonchev–Trinajstić information content (AvgIpc) is 2.77. The molecule has 0 radical (unpaired) electrons. The van der Waals surface area contributed by atoms with Gasteiger partial charge in [-0.1, -0.05) is 0 Å². The second kappa shape index (κ2) is 6.06. The third-order valence-electron chi connectivity index (χ3n) is 2.52. The van der Waals surface area contributed by atoms with E-state index in [2.05, 4.69) is 26.0 Å². The Labute approximate surface area is 120 Å². The van der Waals surface area contributed by atoms with Crippen molar-refractivity contribution in [3.8, 4) is 5.82 Å². The number of pyridine rings is 1. The molecule has 2 N–H and O–H groups in total. The van der Waals surface area contributed by atoms with Crippen LogP contribution in [0, 0.1) is 5.82 Å². The van der Waals surface area contributed by atoms with Gasteiger partial charge in [0.1, 0.15) is 6.33 Å². The molecule has 0 aromatic carbocycles. The lowest BCUT2D eigenvalue weighted by Crippen LogP contribution is -2.26. The maximum atomic E-state index is 13.7. The summed E-state index contributed by atoms with van der Waals surface area (Å²) in [5.74, 6) is -0.857. The Bertz CT molecular complexity index is 709. The van der Waals surface area contributed by atoms with Crippen LogP contribution >= 0.6 is 15.9 Å². The minimum Gasteiger partial charge on any atom is -0.327 e. The van der Waals surface area contributed by atoms with E-state index in [-0.39, 0.29) is 24.5 Å². The minimum absolute atomic E-state index is 0.0410. The smallest absolute Gasteiger partial charge is 0.327 e. The number of halogens is 3. The fourth-order valence-corrected chi connectivity index (χ4v) is 1.81. The van der Waals surface area contributed by atoms with Crippen molar-refractivity contribution in [2.75, 3.05) is 6.54 Å². The molecule has 2 aromatic heterocycles. The van der Waals surface area contributed by atoms with Crippen LogP contribution in [-0.4, -0.2) is 25.9 Å². The Morgan fingerprint density at radius 3 is 2.90 bits per heavy atom. The Morgan fingerprint density at radius 2 is 2.30 bits per heavy atom. The Kier molecular flexibility index (Phi) is 4.40. The van der Waals surface area contributed by atoms with Gasteiger partial charge < -0.3 is 5.73 Å². The van der Waals surface area contributed by atoms with Crippen LogP contribution in [0.1, 0.15) is 0 Å². The van der Waals surface area contributed by atoms with E-state index in [9.17, 15) is 13.6 Å². The molecule has 0 bridgehead atoms. The Morgan fingerprint density at radius 1 is 1.55 bits per heavy atom. The number of hydrogen-bond donors (Lipinski definition) is 1. The number of nitrogens with two attached hydrogens (primary N) is 1. The summed E-state index contributed by atoms with van der Waals surface area (Å²) >= 11 is 3.07. The first-order valence-corrected chi connectivity index (χ1v) is 6.30. The molecular formula is C11H10BrF2N5O. The molecule has 0 amide bonds. The van der Waals surface area contributed by atoms with Crippen molar-refractivity contribution in [1.29, 1.82) is 0 Å². The standard InChI is InChI=1S/C11H10BrF2N5O/c12-8-1-9(14)10(16-4-8)18-6-17-19(11(18)20)5-7(2-13)3-15/h1-2,4,6H,3,5,15H2/b7-2+. The topological polar surface area (TPSA) is 78.7 Å². The van der Waals surface area contributed by atoms with Crippen molar-refractivity contribution >= 4 is 15.9 Å². The van der Waals surface area contributed by atoms with Crippen LogP contribution in [0.25, 0.3) is 5.82 Å². The Balaban J connectivity index is 2.41. The first kappa shape index (κ1) is 14.5. The van der Waals surface area contributed by atoms with Gasteiger partial charge in [-0.15, -0.1) is 0 Å². The SMILES string of the molecule is NC/C(=C\F)Cn1ncn(-c2ncc(Br)cc2F)c1=O. The third-order valence-corrected chi connectivity index (χ3v) is 2.95. The molecule has 0 atom stereocenters. The van der Waals surface area contributed by atoms with E-state index >= 15 is 0 Å². The Hall–Kier alpha value is -1.87. The quantitative estimate of drug-likeness (QED) is 0.901. The summed E-state index contributed by atoms with van der Waals surface area (Å²) < 4.78 is 28.5. The van der Waals surface area contributed by atoms with E-state index in [0.717, 1.165) is 15.6 Å². The number of nitrogens with zero attached hydrogens (tertiary/aromatic N) is 4. The van der Waals surface area contributed by atoms with E-state index in [1.54, 1.807) is 0 Å². The van der Waals surface area contributed by atoms with E-state index < -0.39 is 11.5 Å². The van der Waals surface area contributed by atoms with Crippen LogP contribution in [-0.2, 0) is 6.54 Å². The monoisotopic (exact) mass is 345 g/mol. The first-order valence-electron chi connectivity index (χ1n) is 5.51. The zero-order valence-corrected chi connectivity index (χ0v) is 11.7. The number of rotatable bonds is 4. The third kappa shape index (κ3) is 2.83. The number of aromatic nitrogens is 4. The molecule has 0 unspecified atom stereocenters. The lowest BCUT2D eigenvalue weighted by molar-refractivity contribution is 0.595. The van der Waals surface area contributed by atoms with Gasteiger partial charge in [-0.2, -0.15) is 5.10 Å². The average molecular weight is 346 g/mol. The zero-order chi connectivity index (χ0) is 14.7. The first-order chi connectivity index (χ1) is 9.56. The van der Waals surface area contributed by atoms with Crippen molar-refractivity contribution in [2.45, 2.75) is 6.54 Å². The van der Waals surface area contributed by atoms with Crippen molar-refractivity contribution in [2.24, 2.45) is 5.73 Å². The highest BCUT2D eigenvalue weighted by Crippen LogP contribution is 2.14. The molecule has 0 aliphatic carbocycles. The van der Waals surface area contributed by atoms with Crippen LogP contribution < -0.4 is 11.4 Å². The summed E-state index contributed by atoms with van der Waals surface area (Å²) in [7, 11) is 0. The summed E-state index contributed by atoms with van der Waals surface area (Å²) in [6, 6.07) is 1.18. The van der Waals surface area contributed by atoms with Crippen molar-refractivity contribution in [3.05, 3.63) is 51.3 Å². The zero-order valence-electron chi connectivity index (χ0n) is 10.1. The molecule has 0 saturated carbocycles. The van der Waals surface area contributed by atoms with Crippen LogP contribution in [0.4, 0.5) is 8.78 Å². The molecule has 2 aromatic rings. The van der Waals surface area contributed by atoms with Gasteiger partial charge in [0.15, 0.2) is 11.6 Å². The van der Waals surface area contributed by atoms with Gasteiger partial charge in [0.25, 0.3) is 0 Å². The molecule has 0 aliphatic rings. The molecule has 2 rings (SSSR count). The summed E-state index contributed by atoms with van der Waals surface area (Å²) in [4.78, 5) is 15.8. The van der Waals surface area contributed by atoms with Crippen LogP contribution in [0.15, 0.2) is 39.8 Å². The van der Waals surface area contributed by atoms with Crippen molar-refractivity contribution < 1.29 is 8.78 Å². The molecule has 106 valence electrons. The predicted molar refractivity (Wildman–Crippen MR) is 71.5 cm³/mol. The van der Waals surface area contributed by atoms with Crippen molar-refractivity contribution in [3.63, 3.8) is 0 Å². The molecular weight excluding hydrogens is 336 g/mol. The van der Waals surface area contributed by atoms with E-state index in [1.165, 1.54) is 12.3 Å². The molecule has 2 heterocycles. The van der Waals surface area contributed by atoms with Gasteiger partial charge in [-0.25, -0.2) is 27.8 Å². The summed E-state index contributed by atoms with van der Waals surface area (Å²) in [5.41, 5.74) is 4.87. The van der Waals surface area contributed by atoms with E-state index in [1.807, 2.05) is 0 Å².